The molecule has 3 aromatic heterocycles. The van der Waals surface area contributed by atoms with Gasteiger partial charge in [0.25, 0.3) is 0 Å². The average Bonchev–Trinajstić information content (AvgIpc) is 3.21. The number of aromatic nitrogens is 4. The number of aryl methyl sites for hydroxylation is 1. The zero-order valence-corrected chi connectivity index (χ0v) is 17.6. The molecule has 1 aromatic carbocycles. The molecule has 0 amide bonds. The lowest BCUT2D eigenvalue weighted by molar-refractivity contribution is 0.200. The Bertz CT molecular complexity index is 1200. The molecule has 6 heteroatoms. The van der Waals surface area contributed by atoms with Crippen molar-refractivity contribution in [3.05, 3.63) is 53.6 Å². The highest BCUT2D eigenvalue weighted by Gasteiger charge is 2.19. The minimum Gasteiger partial charge on any atom is -0.389 e. The van der Waals surface area contributed by atoms with Gasteiger partial charge in [0.1, 0.15) is 6.67 Å². The summed E-state index contributed by atoms with van der Waals surface area (Å²) >= 11 is 0. The van der Waals surface area contributed by atoms with Crippen LogP contribution in [-0.2, 0) is 13.2 Å². The first-order chi connectivity index (χ1) is 13.7. The Kier molecular flexibility index (Phi) is 4.69. The molecule has 0 aliphatic carbocycles. The standard InChI is InChI=1S/C23H27FN4O/c1-14-6-16(17-10-25-21-8-18(9-24)26-28(21)11-17)7-19-20(15(2)29)12-27(22(14)19)13-23(3,4)5/h6-8,10-12,15,29H,9,13H2,1-5H3. The van der Waals surface area contributed by atoms with E-state index < -0.39 is 12.8 Å². The first-order valence-corrected chi connectivity index (χ1v) is 9.88. The predicted molar refractivity (Wildman–Crippen MR) is 114 cm³/mol. The molecule has 0 aliphatic heterocycles. The van der Waals surface area contributed by atoms with Gasteiger partial charge in [0.15, 0.2) is 5.65 Å². The summed E-state index contributed by atoms with van der Waals surface area (Å²) in [4.78, 5) is 4.43. The average molecular weight is 394 g/mol. The van der Waals surface area contributed by atoms with Gasteiger partial charge in [-0.15, -0.1) is 0 Å². The lowest BCUT2D eigenvalue weighted by Gasteiger charge is -2.20. The highest BCUT2D eigenvalue weighted by atomic mass is 19.1. The van der Waals surface area contributed by atoms with Crippen molar-refractivity contribution in [3.63, 3.8) is 0 Å². The van der Waals surface area contributed by atoms with Gasteiger partial charge in [0.2, 0.25) is 0 Å². The first kappa shape index (κ1) is 19.6. The maximum Gasteiger partial charge on any atom is 0.155 e. The maximum absolute atomic E-state index is 12.9. The van der Waals surface area contributed by atoms with Crippen molar-refractivity contribution in [1.82, 2.24) is 19.2 Å². The van der Waals surface area contributed by atoms with Gasteiger partial charge in [-0.25, -0.2) is 13.9 Å². The third-order valence-corrected chi connectivity index (χ3v) is 5.12. The van der Waals surface area contributed by atoms with E-state index in [0.717, 1.165) is 39.7 Å². The number of rotatable bonds is 4. The molecule has 0 saturated heterocycles. The lowest BCUT2D eigenvalue weighted by atomic mass is 9.96. The summed E-state index contributed by atoms with van der Waals surface area (Å²) in [5.74, 6) is 0. The fraction of sp³-hybridized carbons (Fsp3) is 0.391. The van der Waals surface area contributed by atoms with E-state index in [9.17, 15) is 9.50 Å². The molecule has 152 valence electrons. The van der Waals surface area contributed by atoms with Crippen molar-refractivity contribution in [1.29, 1.82) is 0 Å². The third-order valence-electron chi connectivity index (χ3n) is 5.12. The molecule has 4 aromatic rings. The van der Waals surface area contributed by atoms with Crippen LogP contribution in [0.25, 0.3) is 27.7 Å². The number of fused-ring (bicyclic) bond motifs is 2. The van der Waals surface area contributed by atoms with Crippen LogP contribution in [0.4, 0.5) is 4.39 Å². The van der Waals surface area contributed by atoms with Crippen molar-refractivity contribution in [3.8, 4) is 11.1 Å². The highest BCUT2D eigenvalue weighted by Crippen LogP contribution is 2.35. The van der Waals surface area contributed by atoms with E-state index in [0.29, 0.717) is 11.3 Å². The predicted octanol–water partition coefficient (Wildman–Crippen LogP) is 5.23. The van der Waals surface area contributed by atoms with Crippen LogP contribution in [0, 0.1) is 12.3 Å². The van der Waals surface area contributed by atoms with Crippen molar-refractivity contribution < 1.29 is 9.50 Å². The SMILES string of the molecule is Cc1cc(-c2cnc3cc(CF)nn3c2)cc2c(C(C)O)cn(CC(C)(C)C)c12. The Balaban J connectivity index is 1.89. The normalized spacial score (nSPS) is 13.5. The minimum absolute atomic E-state index is 0.121. The van der Waals surface area contributed by atoms with Gasteiger partial charge in [-0.2, -0.15) is 5.10 Å². The van der Waals surface area contributed by atoms with Crippen LogP contribution in [0.15, 0.2) is 36.8 Å². The molecule has 0 aliphatic rings. The fourth-order valence-electron chi connectivity index (χ4n) is 3.96. The van der Waals surface area contributed by atoms with Gasteiger partial charge in [-0.3, -0.25) is 0 Å². The second-order valence-corrected chi connectivity index (χ2v) is 9.05. The Hall–Kier alpha value is -2.73. The van der Waals surface area contributed by atoms with E-state index in [1.807, 2.05) is 6.20 Å². The number of aliphatic hydroxyl groups excluding tert-OH is 1. The van der Waals surface area contributed by atoms with Gasteiger partial charge in [-0.1, -0.05) is 20.8 Å². The topological polar surface area (TPSA) is 55.4 Å². The molecular weight excluding hydrogens is 367 g/mol. The lowest BCUT2D eigenvalue weighted by Crippen LogP contribution is -2.15. The quantitative estimate of drug-likeness (QED) is 0.516. The van der Waals surface area contributed by atoms with Gasteiger partial charge >= 0.3 is 0 Å². The Labute approximate surface area is 169 Å². The molecule has 3 heterocycles. The summed E-state index contributed by atoms with van der Waals surface area (Å²) < 4.78 is 16.8. The van der Waals surface area contributed by atoms with Crippen LogP contribution < -0.4 is 0 Å². The minimum atomic E-state index is -0.608. The third kappa shape index (κ3) is 3.65. The Morgan fingerprint density at radius 1 is 1.14 bits per heavy atom. The summed E-state index contributed by atoms with van der Waals surface area (Å²) in [5, 5.41) is 15.7. The number of halogens is 1. The van der Waals surface area contributed by atoms with E-state index in [1.165, 1.54) is 0 Å². The Morgan fingerprint density at radius 3 is 2.55 bits per heavy atom. The zero-order valence-electron chi connectivity index (χ0n) is 17.6. The second-order valence-electron chi connectivity index (χ2n) is 9.05. The number of hydrogen-bond donors (Lipinski definition) is 1. The molecule has 0 saturated carbocycles. The highest BCUT2D eigenvalue weighted by molar-refractivity contribution is 5.91. The number of benzene rings is 1. The Morgan fingerprint density at radius 2 is 1.90 bits per heavy atom. The largest absolute Gasteiger partial charge is 0.389 e. The van der Waals surface area contributed by atoms with Crippen LogP contribution in [0.2, 0.25) is 0 Å². The van der Waals surface area contributed by atoms with Crippen molar-refractivity contribution >= 4 is 16.6 Å². The number of hydrogen-bond acceptors (Lipinski definition) is 3. The summed E-state index contributed by atoms with van der Waals surface area (Å²) in [6, 6.07) is 5.89. The zero-order chi connectivity index (χ0) is 20.9. The van der Waals surface area contributed by atoms with Crippen molar-refractivity contribution in [2.45, 2.75) is 53.9 Å². The summed E-state index contributed by atoms with van der Waals surface area (Å²) in [6.07, 6.45) is 5.16. The van der Waals surface area contributed by atoms with E-state index in [2.05, 4.69) is 60.7 Å². The van der Waals surface area contributed by atoms with Crippen LogP contribution in [0.3, 0.4) is 0 Å². The van der Waals surface area contributed by atoms with Crippen LogP contribution in [0.1, 0.15) is 50.6 Å². The molecule has 0 bridgehead atoms. The van der Waals surface area contributed by atoms with Crippen LogP contribution >= 0.6 is 0 Å². The number of alkyl halides is 1. The molecule has 1 N–H and O–H groups in total. The number of aliphatic hydroxyl groups is 1. The second kappa shape index (κ2) is 6.95. The molecule has 0 spiro atoms. The van der Waals surface area contributed by atoms with Gasteiger partial charge in [0, 0.05) is 47.7 Å². The summed E-state index contributed by atoms with van der Waals surface area (Å²) in [5.41, 5.74) is 6.22. The first-order valence-electron chi connectivity index (χ1n) is 9.88. The number of nitrogens with zero attached hydrogens (tertiary/aromatic N) is 4. The monoisotopic (exact) mass is 394 g/mol. The van der Waals surface area contributed by atoms with Gasteiger partial charge < -0.3 is 9.67 Å². The molecule has 1 unspecified atom stereocenters. The van der Waals surface area contributed by atoms with Crippen LogP contribution in [-0.4, -0.2) is 24.3 Å². The summed E-state index contributed by atoms with van der Waals surface area (Å²) in [6.45, 7) is 10.8. The summed E-state index contributed by atoms with van der Waals surface area (Å²) in [7, 11) is 0. The maximum atomic E-state index is 12.9. The van der Waals surface area contributed by atoms with E-state index in [4.69, 9.17) is 0 Å². The van der Waals surface area contributed by atoms with E-state index in [-0.39, 0.29) is 5.41 Å². The molecule has 29 heavy (non-hydrogen) atoms. The van der Waals surface area contributed by atoms with Crippen LogP contribution in [0.5, 0.6) is 0 Å². The molecule has 4 rings (SSSR count). The van der Waals surface area contributed by atoms with E-state index in [1.54, 1.807) is 23.7 Å². The molecule has 0 fully saturated rings. The van der Waals surface area contributed by atoms with Gasteiger partial charge in [-0.05, 0) is 42.5 Å². The smallest absolute Gasteiger partial charge is 0.155 e. The molecular formula is C23H27FN4O. The molecule has 5 nitrogen and oxygen atoms in total. The van der Waals surface area contributed by atoms with Crippen molar-refractivity contribution in [2.24, 2.45) is 5.41 Å². The van der Waals surface area contributed by atoms with E-state index >= 15 is 0 Å². The fourth-order valence-corrected chi connectivity index (χ4v) is 3.96. The molecule has 0 radical (unpaired) electrons. The van der Waals surface area contributed by atoms with Crippen molar-refractivity contribution in [2.75, 3.05) is 0 Å². The molecule has 1 atom stereocenters. The van der Waals surface area contributed by atoms with Gasteiger partial charge in [0.05, 0.1) is 17.3 Å².